The predicted molar refractivity (Wildman–Crippen MR) is 93.5 cm³/mol. The third-order valence-corrected chi connectivity index (χ3v) is 3.01. The van der Waals surface area contributed by atoms with E-state index >= 15 is 0 Å². The van der Waals surface area contributed by atoms with Crippen molar-refractivity contribution in [2.45, 2.75) is 12.5 Å². The van der Waals surface area contributed by atoms with Gasteiger partial charge in [-0.25, -0.2) is 0 Å². The van der Waals surface area contributed by atoms with Gasteiger partial charge in [-0.1, -0.05) is 30.3 Å². The highest BCUT2D eigenvalue weighted by Crippen LogP contribution is 2.05. The van der Waals surface area contributed by atoms with Crippen molar-refractivity contribution in [2.75, 3.05) is 34.7 Å². The fourth-order valence-electron chi connectivity index (χ4n) is 1.82. The van der Waals surface area contributed by atoms with Gasteiger partial charge in [-0.3, -0.25) is 4.99 Å². The summed E-state index contributed by atoms with van der Waals surface area (Å²) in [6.45, 7) is 0.870. The van der Waals surface area contributed by atoms with Crippen molar-refractivity contribution in [3.63, 3.8) is 0 Å². The molecule has 0 fully saturated rings. The van der Waals surface area contributed by atoms with Gasteiger partial charge in [-0.05, 0) is 26.1 Å². The van der Waals surface area contributed by atoms with Crippen LogP contribution in [0, 0.1) is 0 Å². The van der Waals surface area contributed by atoms with Crippen molar-refractivity contribution in [1.82, 2.24) is 15.5 Å². The third-order valence-electron chi connectivity index (χ3n) is 3.01. The second-order valence-electron chi connectivity index (χ2n) is 4.51. The van der Waals surface area contributed by atoms with E-state index in [-0.39, 0.29) is 24.0 Å². The summed E-state index contributed by atoms with van der Waals surface area (Å²) < 4.78 is 0. The SMILES string of the molecule is CN=C(NC)NCC(Cc1ccccc1)N(C)C.I. The lowest BCUT2D eigenvalue weighted by atomic mass is 10.1. The molecule has 1 aromatic rings. The van der Waals surface area contributed by atoms with Gasteiger partial charge < -0.3 is 15.5 Å². The maximum atomic E-state index is 4.12. The molecule has 0 aromatic heterocycles. The molecule has 0 spiro atoms. The zero-order chi connectivity index (χ0) is 13.4. The Morgan fingerprint density at radius 1 is 1.26 bits per heavy atom. The number of likely N-dealkylation sites (N-methyl/N-ethyl adjacent to an activating group) is 1. The van der Waals surface area contributed by atoms with Crippen molar-refractivity contribution < 1.29 is 0 Å². The second kappa shape index (κ2) is 10.0. The number of hydrogen-bond donors (Lipinski definition) is 2. The summed E-state index contributed by atoms with van der Waals surface area (Å²) in [4.78, 5) is 6.36. The Kier molecular flexibility index (Phi) is 9.59. The number of guanidine groups is 1. The molecular weight excluding hydrogens is 351 g/mol. The van der Waals surface area contributed by atoms with Crippen LogP contribution < -0.4 is 10.6 Å². The highest BCUT2D eigenvalue weighted by atomic mass is 127. The van der Waals surface area contributed by atoms with Crippen molar-refractivity contribution in [1.29, 1.82) is 0 Å². The average Bonchev–Trinajstić information content (AvgIpc) is 2.39. The highest BCUT2D eigenvalue weighted by Gasteiger charge is 2.12. The molecule has 1 unspecified atom stereocenters. The van der Waals surface area contributed by atoms with Crippen LogP contribution in [0.3, 0.4) is 0 Å². The third kappa shape index (κ3) is 6.77. The molecule has 0 aliphatic carbocycles. The van der Waals surface area contributed by atoms with Crippen LogP contribution in [0.15, 0.2) is 35.3 Å². The first kappa shape index (κ1) is 18.2. The van der Waals surface area contributed by atoms with Crippen LogP contribution in [0.5, 0.6) is 0 Å². The van der Waals surface area contributed by atoms with Crippen LogP contribution in [0.4, 0.5) is 0 Å². The van der Waals surface area contributed by atoms with E-state index in [1.807, 2.05) is 7.05 Å². The van der Waals surface area contributed by atoms with Gasteiger partial charge in [0.25, 0.3) is 0 Å². The van der Waals surface area contributed by atoms with Crippen LogP contribution in [0.25, 0.3) is 0 Å². The summed E-state index contributed by atoms with van der Waals surface area (Å²) in [6.07, 6.45) is 1.03. The molecule has 5 heteroatoms. The molecule has 108 valence electrons. The van der Waals surface area contributed by atoms with Crippen LogP contribution >= 0.6 is 24.0 Å². The number of rotatable bonds is 5. The van der Waals surface area contributed by atoms with Crippen molar-refractivity contribution >= 4 is 29.9 Å². The summed E-state index contributed by atoms with van der Waals surface area (Å²) in [6, 6.07) is 11.0. The molecule has 19 heavy (non-hydrogen) atoms. The summed E-state index contributed by atoms with van der Waals surface area (Å²) >= 11 is 0. The van der Waals surface area contributed by atoms with E-state index in [2.05, 4.69) is 65.0 Å². The van der Waals surface area contributed by atoms with E-state index in [0.717, 1.165) is 18.9 Å². The molecule has 0 saturated carbocycles. The Morgan fingerprint density at radius 3 is 2.37 bits per heavy atom. The van der Waals surface area contributed by atoms with Crippen LogP contribution in [-0.2, 0) is 6.42 Å². The Balaban J connectivity index is 0.00000324. The van der Waals surface area contributed by atoms with E-state index in [9.17, 15) is 0 Å². The molecule has 0 aliphatic heterocycles. The van der Waals surface area contributed by atoms with Gasteiger partial charge in [0.1, 0.15) is 0 Å². The molecule has 1 atom stereocenters. The van der Waals surface area contributed by atoms with Crippen LogP contribution in [0.1, 0.15) is 5.56 Å². The molecule has 0 bridgehead atoms. The molecule has 4 nitrogen and oxygen atoms in total. The molecule has 0 radical (unpaired) electrons. The standard InChI is InChI=1S/C14H24N4.HI/c1-15-14(16-2)17-11-13(18(3)4)10-12-8-6-5-7-9-12;/h5-9,13H,10-11H2,1-4H3,(H2,15,16,17);1H. The molecule has 0 aliphatic rings. The van der Waals surface area contributed by atoms with Gasteiger partial charge in [-0.15, -0.1) is 24.0 Å². The largest absolute Gasteiger partial charge is 0.359 e. The quantitative estimate of drug-likeness (QED) is 0.466. The molecule has 0 saturated heterocycles. The number of nitrogens with zero attached hydrogens (tertiary/aromatic N) is 2. The fraction of sp³-hybridized carbons (Fsp3) is 0.500. The minimum Gasteiger partial charge on any atom is -0.359 e. The first-order valence-corrected chi connectivity index (χ1v) is 6.26. The topological polar surface area (TPSA) is 39.7 Å². The first-order valence-electron chi connectivity index (χ1n) is 6.26. The average molecular weight is 376 g/mol. The lowest BCUT2D eigenvalue weighted by molar-refractivity contribution is 0.290. The zero-order valence-electron chi connectivity index (χ0n) is 12.2. The minimum atomic E-state index is 0. The molecule has 0 amide bonds. The van der Waals surface area contributed by atoms with Crippen LogP contribution in [0.2, 0.25) is 0 Å². The smallest absolute Gasteiger partial charge is 0.190 e. The van der Waals surface area contributed by atoms with Gasteiger partial charge in [0, 0.05) is 26.7 Å². The Labute approximate surface area is 133 Å². The monoisotopic (exact) mass is 376 g/mol. The van der Waals surface area contributed by atoms with E-state index in [1.54, 1.807) is 7.05 Å². The van der Waals surface area contributed by atoms with Gasteiger partial charge in [0.2, 0.25) is 0 Å². The molecule has 1 aromatic carbocycles. The van der Waals surface area contributed by atoms with Crippen molar-refractivity contribution in [2.24, 2.45) is 4.99 Å². The normalized spacial score (nSPS) is 12.8. The Bertz CT molecular complexity index is 365. The lowest BCUT2D eigenvalue weighted by Crippen LogP contribution is -2.45. The first-order chi connectivity index (χ1) is 8.67. The minimum absolute atomic E-state index is 0. The summed E-state index contributed by atoms with van der Waals surface area (Å²) in [5.41, 5.74) is 1.36. The molecule has 0 heterocycles. The van der Waals surface area contributed by atoms with Crippen molar-refractivity contribution in [3.8, 4) is 0 Å². The van der Waals surface area contributed by atoms with Gasteiger partial charge in [0.15, 0.2) is 5.96 Å². The van der Waals surface area contributed by atoms with E-state index in [4.69, 9.17) is 0 Å². The molecular formula is C14H25IN4. The van der Waals surface area contributed by atoms with Crippen LogP contribution in [-0.4, -0.2) is 51.6 Å². The Morgan fingerprint density at radius 2 is 1.89 bits per heavy atom. The number of halogens is 1. The second-order valence-corrected chi connectivity index (χ2v) is 4.51. The number of nitrogens with one attached hydrogen (secondary N) is 2. The predicted octanol–water partition coefficient (Wildman–Crippen LogP) is 1.57. The maximum Gasteiger partial charge on any atom is 0.190 e. The number of benzene rings is 1. The number of hydrogen-bond acceptors (Lipinski definition) is 2. The molecule has 2 N–H and O–H groups in total. The van der Waals surface area contributed by atoms with Gasteiger partial charge in [-0.2, -0.15) is 0 Å². The number of aliphatic imine (C=N–C) groups is 1. The summed E-state index contributed by atoms with van der Waals surface area (Å²) in [7, 11) is 7.87. The van der Waals surface area contributed by atoms with E-state index < -0.39 is 0 Å². The van der Waals surface area contributed by atoms with Gasteiger partial charge >= 0.3 is 0 Å². The van der Waals surface area contributed by atoms with E-state index in [0.29, 0.717) is 6.04 Å². The molecule has 1 rings (SSSR count). The maximum absolute atomic E-state index is 4.12. The Hall–Kier alpha value is -0.820. The lowest BCUT2D eigenvalue weighted by Gasteiger charge is -2.25. The zero-order valence-corrected chi connectivity index (χ0v) is 14.5. The summed E-state index contributed by atoms with van der Waals surface area (Å²) in [5.74, 6) is 0.829. The fourth-order valence-corrected chi connectivity index (χ4v) is 1.82. The summed E-state index contributed by atoms with van der Waals surface area (Å²) in [5, 5.41) is 6.35. The van der Waals surface area contributed by atoms with E-state index in [1.165, 1.54) is 5.56 Å². The van der Waals surface area contributed by atoms with Gasteiger partial charge in [0.05, 0.1) is 0 Å². The van der Waals surface area contributed by atoms with Crippen molar-refractivity contribution in [3.05, 3.63) is 35.9 Å². The highest BCUT2D eigenvalue weighted by molar-refractivity contribution is 14.0.